The highest BCUT2D eigenvalue weighted by Gasteiger charge is 2.65. The lowest BCUT2D eigenvalue weighted by Gasteiger charge is -2.41. The van der Waals surface area contributed by atoms with Crippen molar-refractivity contribution in [1.82, 2.24) is 0 Å². The Balaban J connectivity index is 1.38. The van der Waals surface area contributed by atoms with Crippen molar-refractivity contribution in [2.24, 2.45) is 5.92 Å². The Morgan fingerprint density at radius 2 is 1.23 bits per heavy atom. The Hall–Kier alpha value is -4.34. The van der Waals surface area contributed by atoms with Gasteiger partial charge in [-0.1, -0.05) is 91.0 Å². The number of rotatable bonds is 2. The fraction of sp³-hybridized carbons (Fsp3) is 0.189. The molecule has 0 radical (unpaired) electrons. The molecular weight excluding hydrogens is 492 g/mol. The number of hydrogen-bond donors (Lipinski definition) is 1. The summed E-state index contributed by atoms with van der Waals surface area (Å²) in [6.07, 6.45) is 0.526. The molecule has 1 fully saturated rings. The topological polar surface area (TPSA) is 54.4 Å². The molecule has 0 unspecified atom stereocenters. The molecule has 0 aromatic heterocycles. The van der Waals surface area contributed by atoms with E-state index in [1.807, 2.05) is 48.5 Å². The fourth-order valence-electron chi connectivity index (χ4n) is 8.01. The summed E-state index contributed by atoms with van der Waals surface area (Å²) in [7, 11) is 0. The van der Waals surface area contributed by atoms with Crippen LogP contribution in [0.3, 0.4) is 0 Å². The van der Waals surface area contributed by atoms with E-state index in [0.717, 1.165) is 49.7 Å². The Morgan fingerprint density at radius 3 is 1.90 bits per heavy atom. The highest BCUT2D eigenvalue weighted by Crippen LogP contribution is 2.62. The van der Waals surface area contributed by atoms with Gasteiger partial charge in [-0.3, -0.25) is 9.59 Å². The van der Waals surface area contributed by atoms with Gasteiger partial charge in [0, 0.05) is 23.8 Å². The minimum atomic E-state index is -1.07. The van der Waals surface area contributed by atoms with Crippen molar-refractivity contribution in [3.8, 4) is 22.3 Å². The van der Waals surface area contributed by atoms with Crippen LogP contribution >= 0.6 is 0 Å². The number of hydrogen-bond acceptors (Lipinski definition) is 3. The molecule has 3 aliphatic carbocycles. The third kappa shape index (κ3) is 3.10. The summed E-state index contributed by atoms with van der Waals surface area (Å²) in [6.45, 7) is 0. The number of carbonyl (C=O) groups is 2. The summed E-state index contributed by atoms with van der Waals surface area (Å²) in [5.41, 5.74) is 7.07. The van der Waals surface area contributed by atoms with Crippen molar-refractivity contribution >= 4 is 22.3 Å². The van der Waals surface area contributed by atoms with Crippen molar-refractivity contribution in [2.75, 3.05) is 0 Å². The van der Waals surface area contributed by atoms with Crippen LogP contribution in [0.2, 0.25) is 0 Å². The third-order valence-corrected chi connectivity index (χ3v) is 9.69. The van der Waals surface area contributed by atoms with E-state index in [2.05, 4.69) is 60.7 Å². The molecule has 1 spiro atoms. The molecule has 0 aliphatic heterocycles. The lowest BCUT2D eigenvalue weighted by Crippen LogP contribution is -2.49. The van der Waals surface area contributed by atoms with Gasteiger partial charge in [-0.25, -0.2) is 0 Å². The summed E-state index contributed by atoms with van der Waals surface area (Å²) in [6, 6.07) is 37.3. The van der Waals surface area contributed by atoms with E-state index in [9.17, 15) is 14.7 Å². The highest BCUT2D eigenvalue weighted by atomic mass is 16.3. The maximum Gasteiger partial charge on any atom is 0.167 e. The third-order valence-electron chi connectivity index (χ3n) is 9.69. The molecule has 3 aliphatic rings. The van der Waals surface area contributed by atoms with E-state index < -0.39 is 11.5 Å². The smallest absolute Gasteiger partial charge is 0.167 e. The molecule has 5 aromatic carbocycles. The van der Waals surface area contributed by atoms with Crippen LogP contribution in [0.1, 0.15) is 45.8 Å². The second kappa shape index (κ2) is 8.58. The summed E-state index contributed by atoms with van der Waals surface area (Å²) in [5, 5.41) is 13.6. The van der Waals surface area contributed by atoms with Crippen molar-refractivity contribution in [3.05, 3.63) is 131 Å². The average molecular weight is 521 g/mol. The summed E-state index contributed by atoms with van der Waals surface area (Å²) >= 11 is 0. The Bertz CT molecular complexity index is 1840. The first-order valence-electron chi connectivity index (χ1n) is 14.1. The van der Waals surface area contributed by atoms with Crippen LogP contribution < -0.4 is 0 Å². The number of carbonyl (C=O) groups excluding carboxylic acids is 2. The minimum Gasteiger partial charge on any atom is -0.392 e. The van der Waals surface area contributed by atoms with Gasteiger partial charge in [0.25, 0.3) is 0 Å². The molecule has 8 rings (SSSR count). The zero-order valence-corrected chi connectivity index (χ0v) is 22.0. The first kappa shape index (κ1) is 23.5. The van der Waals surface area contributed by atoms with Gasteiger partial charge >= 0.3 is 0 Å². The molecule has 40 heavy (non-hydrogen) atoms. The Morgan fingerprint density at radius 1 is 0.650 bits per heavy atom. The first-order valence-corrected chi connectivity index (χ1v) is 14.1. The predicted octanol–water partition coefficient (Wildman–Crippen LogP) is 7.29. The van der Waals surface area contributed by atoms with E-state index in [4.69, 9.17) is 0 Å². The van der Waals surface area contributed by atoms with E-state index in [1.54, 1.807) is 0 Å². The molecule has 194 valence electrons. The largest absolute Gasteiger partial charge is 0.392 e. The maximum absolute atomic E-state index is 13.9. The molecule has 1 N–H and O–H groups in total. The van der Waals surface area contributed by atoms with Gasteiger partial charge in [-0.15, -0.1) is 0 Å². The molecule has 0 saturated heterocycles. The van der Waals surface area contributed by atoms with Gasteiger partial charge in [-0.2, -0.15) is 0 Å². The van der Waals surface area contributed by atoms with Crippen molar-refractivity contribution < 1.29 is 14.7 Å². The van der Waals surface area contributed by atoms with Gasteiger partial charge in [-0.05, 0) is 80.8 Å². The normalized spacial score (nSPS) is 24.8. The molecular formula is C37H28O3. The molecule has 0 heterocycles. The van der Waals surface area contributed by atoms with Crippen LogP contribution in [0.15, 0.2) is 109 Å². The van der Waals surface area contributed by atoms with Crippen LogP contribution in [0.4, 0.5) is 0 Å². The number of ketones is 2. The summed E-state index contributed by atoms with van der Waals surface area (Å²) < 4.78 is 0. The standard InChI is InChI=1S/C37H28O3/c38-33-16-15-24-13-7-8-14-32(24)37(33)34(39)21-31-35(37)29-19-25-17-27(22-9-3-1-4-10-22)28(23-11-5-2-6-12-23)18-26(25)20-30(29)36(31)40/h1-14,17-20,31,34-35,39H,15-16,21H2/t31-,34-,35-,37+/m1/s1. The predicted molar refractivity (Wildman–Crippen MR) is 157 cm³/mol. The van der Waals surface area contributed by atoms with Crippen molar-refractivity contribution in [3.63, 3.8) is 0 Å². The molecule has 1 saturated carbocycles. The van der Waals surface area contributed by atoms with Crippen molar-refractivity contribution in [1.29, 1.82) is 0 Å². The second-order valence-corrected chi connectivity index (χ2v) is 11.6. The van der Waals surface area contributed by atoms with E-state index >= 15 is 0 Å². The molecule has 0 bridgehead atoms. The SMILES string of the molecule is O=C1c2cc3cc(-c4ccccc4)c(-c4ccccc4)cc3cc2[C@@H]2[C@H]1C[C@@H](O)[C@]21C(=O)CCc2ccccc21. The van der Waals surface area contributed by atoms with E-state index in [-0.39, 0.29) is 23.4 Å². The Labute approximate surface area is 233 Å². The van der Waals surface area contributed by atoms with E-state index in [0.29, 0.717) is 24.8 Å². The lowest BCUT2D eigenvalue weighted by molar-refractivity contribution is -0.129. The van der Waals surface area contributed by atoms with Crippen LogP contribution in [0.25, 0.3) is 33.0 Å². The van der Waals surface area contributed by atoms with Gasteiger partial charge in [0.15, 0.2) is 5.78 Å². The molecule has 5 aromatic rings. The van der Waals surface area contributed by atoms with Crippen LogP contribution in [-0.4, -0.2) is 22.8 Å². The number of aliphatic hydroxyl groups excluding tert-OH is 1. The second-order valence-electron chi connectivity index (χ2n) is 11.6. The van der Waals surface area contributed by atoms with Gasteiger partial charge in [0.1, 0.15) is 5.78 Å². The lowest BCUT2D eigenvalue weighted by atomic mass is 9.60. The zero-order valence-electron chi connectivity index (χ0n) is 22.0. The molecule has 3 nitrogen and oxygen atoms in total. The molecule has 4 atom stereocenters. The van der Waals surface area contributed by atoms with Crippen LogP contribution in [0.5, 0.6) is 0 Å². The summed E-state index contributed by atoms with van der Waals surface area (Å²) in [4.78, 5) is 27.8. The van der Waals surface area contributed by atoms with Gasteiger partial charge in [0.2, 0.25) is 0 Å². The highest BCUT2D eigenvalue weighted by molar-refractivity contribution is 6.10. The number of benzene rings is 5. The van der Waals surface area contributed by atoms with E-state index in [1.165, 1.54) is 0 Å². The maximum atomic E-state index is 13.9. The first-order chi connectivity index (χ1) is 19.6. The van der Waals surface area contributed by atoms with Crippen LogP contribution in [0, 0.1) is 5.92 Å². The quantitative estimate of drug-likeness (QED) is 0.266. The monoisotopic (exact) mass is 520 g/mol. The molecule has 3 heteroatoms. The minimum absolute atomic E-state index is 0.0575. The Kier molecular flexibility index (Phi) is 5.05. The number of aryl methyl sites for hydroxylation is 1. The fourth-order valence-corrected chi connectivity index (χ4v) is 8.01. The molecule has 0 amide bonds. The van der Waals surface area contributed by atoms with Gasteiger partial charge in [0.05, 0.1) is 11.5 Å². The average Bonchev–Trinajstić information content (AvgIpc) is 3.45. The van der Waals surface area contributed by atoms with Gasteiger partial charge < -0.3 is 5.11 Å². The summed E-state index contributed by atoms with van der Waals surface area (Å²) in [5.74, 6) is -0.616. The van der Waals surface area contributed by atoms with Crippen molar-refractivity contribution in [2.45, 2.75) is 36.7 Å². The van der Waals surface area contributed by atoms with Crippen LogP contribution in [-0.2, 0) is 16.6 Å². The number of Topliss-reactive ketones (excluding diaryl/α,β-unsaturated/α-hetero) is 2. The number of fused-ring (bicyclic) bond motifs is 7. The zero-order chi connectivity index (χ0) is 27.0. The number of aliphatic hydroxyl groups is 1.